The van der Waals surface area contributed by atoms with Gasteiger partial charge in [-0.15, -0.1) is 11.3 Å². The Kier molecular flexibility index (Phi) is 4.27. The second-order valence-corrected chi connectivity index (χ2v) is 7.43. The summed E-state index contributed by atoms with van der Waals surface area (Å²) in [6.45, 7) is 3.99. The van der Waals surface area contributed by atoms with Crippen LogP contribution in [-0.4, -0.2) is 10.9 Å². The predicted octanol–water partition coefficient (Wildman–Crippen LogP) is 5.83. The maximum absolute atomic E-state index is 12.5. The fourth-order valence-corrected chi connectivity index (χ4v) is 3.97. The second-order valence-electron chi connectivity index (χ2n) is 6.39. The molecule has 0 radical (unpaired) electrons. The van der Waals surface area contributed by atoms with Crippen LogP contribution >= 0.6 is 11.3 Å². The molecule has 0 aliphatic rings. The molecule has 0 saturated carbocycles. The maximum Gasteiger partial charge on any atom is 0.255 e. The fourth-order valence-electron chi connectivity index (χ4n) is 3.00. The van der Waals surface area contributed by atoms with Crippen LogP contribution in [0, 0.1) is 13.8 Å². The number of thiazole rings is 1. The Morgan fingerprint density at radius 3 is 2.31 bits per heavy atom. The number of nitrogens with one attached hydrogen (secondary N) is 1. The number of amides is 1. The number of benzene rings is 3. The molecule has 0 atom stereocenters. The molecule has 4 heteroatoms. The zero-order chi connectivity index (χ0) is 18.1. The van der Waals surface area contributed by atoms with Gasteiger partial charge in [0.2, 0.25) is 0 Å². The summed E-state index contributed by atoms with van der Waals surface area (Å²) in [5.41, 5.74) is 5.69. The molecule has 4 aromatic rings. The summed E-state index contributed by atoms with van der Waals surface area (Å²) in [4.78, 5) is 17.1. The van der Waals surface area contributed by atoms with Gasteiger partial charge in [0.05, 0.1) is 10.2 Å². The summed E-state index contributed by atoms with van der Waals surface area (Å²) in [5.74, 6) is -0.0930. The first-order valence-corrected chi connectivity index (χ1v) is 9.26. The van der Waals surface area contributed by atoms with E-state index in [4.69, 9.17) is 0 Å². The number of carbonyl (C=O) groups is 1. The van der Waals surface area contributed by atoms with Crippen LogP contribution in [0.5, 0.6) is 0 Å². The third-order valence-electron chi connectivity index (χ3n) is 4.17. The van der Waals surface area contributed by atoms with Crippen LogP contribution in [0.3, 0.4) is 0 Å². The number of nitrogens with zero attached hydrogens (tertiary/aromatic N) is 1. The van der Waals surface area contributed by atoms with E-state index in [9.17, 15) is 4.79 Å². The Balaban J connectivity index is 1.55. The number of para-hydroxylation sites is 1. The molecule has 1 heterocycles. The highest BCUT2D eigenvalue weighted by Gasteiger charge is 2.09. The predicted molar refractivity (Wildman–Crippen MR) is 109 cm³/mol. The summed E-state index contributed by atoms with van der Waals surface area (Å²) in [6.07, 6.45) is 0. The monoisotopic (exact) mass is 358 g/mol. The normalized spacial score (nSPS) is 10.8. The molecule has 1 N–H and O–H groups in total. The van der Waals surface area contributed by atoms with Gasteiger partial charge in [0.25, 0.3) is 5.91 Å². The lowest BCUT2D eigenvalue weighted by Crippen LogP contribution is -2.12. The average molecular weight is 358 g/mol. The minimum Gasteiger partial charge on any atom is -0.322 e. The summed E-state index contributed by atoms with van der Waals surface area (Å²) < 4.78 is 1.18. The van der Waals surface area contributed by atoms with Gasteiger partial charge >= 0.3 is 0 Å². The molecule has 3 aromatic carbocycles. The molecule has 0 spiro atoms. The van der Waals surface area contributed by atoms with Crippen LogP contribution in [0.25, 0.3) is 20.8 Å². The van der Waals surface area contributed by atoms with Crippen LogP contribution in [-0.2, 0) is 0 Å². The topological polar surface area (TPSA) is 42.0 Å². The average Bonchev–Trinajstić information content (AvgIpc) is 3.05. The maximum atomic E-state index is 12.5. The number of rotatable bonds is 3. The molecule has 0 fully saturated rings. The van der Waals surface area contributed by atoms with Crippen LogP contribution in [0.4, 0.5) is 5.69 Å². The fraction of sp³-hybridized carbons (Fsp3) is 0.0909. The van der Waals surface area contributed by atoms with Crippen molar-refractivity contribution in [2.24, 2.45) is 0 Å². The summed E-state index contributed by atoms with van der Waals surface area (Å²) >= 11 is 1.67. The van der Waals surface area contributed by atoms with Crippen LogP contribution in [0.15, 0.2) is 66.7 Å². The Hall–Kier alpha value is -2.98. The van der Waals surface area contributed by atoms with Crippen LogP contribution < -0.4 is 5.32 Å². The van der Waals surface area contributed by atoms with Crippen LogP contribution in [0.2, 0.25) is 0 Å². The van der Waals surface area contributed by atoms with E-state index in [-0.39, 0.29) is 5.91 Å². The summed E-state index contributed by atoms with van der Waals surface area (Å²) in [5, 5.41) is 3.95. The molecule has 0 aliphatic heterocycles. The number of aryl methyl sites for hydroxylation is 2. The van der Waals surface area contributed by atoms with Crippen molar-refractivity contribution in [2.75, 3.05) is 5.32 Å². The largest absolute Gasteiger partial charge is 0.322 e. The van der Waals surface area contributed by atoms with E-state index in [0.717, 1.165) is 32.9 Å². The lowest BCUT2D eigenvalue weighted by molar-refractivity contribution is 0.102. The van der Waals surface area contributed by atoms with Gasteiger partial charge in [0, 0.05) is 16.8 Å². The first kappa shape index (κ1) is 16.5. The van der Waals surface area contributed by atoms with E-state index in [1.807, 2.05) is 68.4 Å². The van der Waals surface area contributed by atoms with Gasteiger partial charge in [-0.1, -0.05) is 29.3 Å². The van der Waals surface area contributed by atoms with E-state index < -0.39 is 0 Å². The zero-order valence-corrected chi connectivity index (χ0v) is 15.4. The van der Waals surface area contributed by atoms with Crippen molar-refractivity contribution in [3.05, 3.63) is 83.4 Å². The Morgan fingerprint density at radius 1 is 0.923 bits per heavy atom. The van der Waals surface area contributed by atoms with Gasteiger partial charge in [-0.25, -0.2) is 4.98 Å². The number of hydrogen-bond donors (Lipinski definition) is 1. The van der Waals surface area contributed by atoms with Gasteiger partial charge in [0.15, 0.2) is 0 Å². The molecule has 0 aliphatic carbocycles. The van der Waals surface area contributed by atoms with E-state index in [1.54, 1.807) is 11.3 Å². The molecule has 26 heavy (non-hydrogen) atoms. The van der Waals surface area contributed by atoms with Gasteiger partial charge in [-0.2, -0.15) is 0 Å². The van der Waals surface area contributed by atoms with Crippen molar-refractivity contribution in [3.63, 3.8) is 0 Å². The Morgan fingerprint density at radius 2 is 1.62 bits per heavy atom. The smallest absolute Gasteiger partial charge is 0.255 e. The highest BCUT2D eigenvalue weighted by molar-refractivity contribution is 7.21. The first-order chi connectivity index (χ1) is 12.6. The molecular formula is C22H18N2OS. The standard InChI is InChI=1S/C22H18N2OS/c1-14-11-15(2)13-17(12-14)21(25)23-18-9-7-16(8-10-18)22-24-19-5-3-4-6-20(19)26-22/h3-13H,1-2H3,(H,23,25). The number of carbonyl (C=O) groups excluding carboxylic acids is 1. The third-order valence-corrected chi connectivity index (χ3v) is 5.25. The minimum atomic E-state index is -0.0930. The second kappa shape index (κ2) is 6.73. The molecular weight excluding hydrogens is 340 g/mol. The molecule has 1 aromatic heterocycles. The van der Waals surface area contributed by atoms with E-state index in [0.29, 0.717) is 5.56 Å². The quantitative estimate of drug-likeness (QED) is 0.500. The van der Waals surface area contributed by atoms with Crippen molar-refractivity contribution < 1.29 is 4.79 Å². The number of anilines is 1. The molecule has 0 bridgehead atoms. The molecule has 128 valence electrons. The van der Waals surface area contributed by atoms with Crippen molar-refractivity contribution in [3.8, 4) is 10.6 Å². The highest BCUT2D eigenvalue weighted by Crippen LogP contribution is 2.30. The van der Waals surface area contributed by atoms with E-state index in [2.05, 4.69) is 22.4 Å². The lowest BCUT2D eigenvalue weighted by Gasteiger charge is -2.07. The minimum absolute atomic E-state index is 0.0930. The van der Waals surface area contributed by atoms with Gasteiger partial charge < -0.3 is 5.32 Å². The van der Waals surface area contributed by atoms with Crippen molar-refractivity contribution in [1.82, 2.24) is 4.98 Å². The van der Waals surface area contributed by atoms with E-state index in [1.165, 1.54) is 4.70 Å². The number of fused-ring (bicyclic) bond motifs is 1. The molecule has 0 unspecified atom stereocenters. The zero-order valence-electron chi connectivity index (χ0n) is 14.6. The molecule has 1 amide bonds. The number of hydrogen-bond acceptors (Lipinski definition) is 3. The number of aromatic nitrogens is 1. The van der Waals surface area contributed by atoms with Gasteiger partial charge in [-0.05, 0) is 62.4 Å². The Labute approximate surface area is 156 Å². The third kappa shape index (κ3) is 3.37. The van der Waals surface area contributed by atoms with Crippen molar-refractivity contribution in [1.29, 1.82) is 0 Å². The van der Waals surface area contributed by atoms with Crippen LogP contribution in [0.1, 0.15) is 21.5 Å². The van der Waals surface area contributed by atoms with Gasteiger partial charge in [0.1, 0.15) is 5.01 Å². The SMILES string of the molecule is Cc1cc(C)cc(C(=O)Nc2ccc(-c3nc4ccccc4s3)cc2)c1. The van der Waals surface area contributed by atoms with Crippen molar-refractivity contribution in [2.45, 2.75) is 13.8 Å². The molecule has 4 rings (SSSR count). The summed E-state index contributed by atoms with van der Waals surface area (Å²) in [7, 11) is 0. The first-order valence-electron chi connectivity index (χ1n) is 8.44. The van der Waals surface area contributed by atoms with E-state index >= 15 is 0 Å². The van der Waals surface area contributed by atoms with Gasteiger partial charge in [-0.3, -0.25) is 4.79 Å². The molecule has 3 nitrogen and oxygen atoms in total. The summed E-state index contributed by atoms with van der Waals surface area (Å²) in [6, 6.07) is 21.8. The Bertz CT molecular complexity index is 1040. The van der Waals surface area contributed by atoms with Crippen molar-refractivity contribution >= 4 is 33.1 Å². The lowest BCUT2D eigenvalue weighted by atomic mass is 10.1. The molecule has 0 saturated heterocycles. The highest BCUT2D eigenvalue weighted by atomic mass is 32.1.